The summed E-state index contributed by atoms with van der Waals surface area (Å²) >= 11 is 0. The van der Waals surface area contributed by atoms with Gasteiger partial charge in [0, 0.05) is 25.9 Å². The Labute approximate surface area is 329 Å². The SMILES string of the molecule is C.C.C.C.CC(C)CC#C[Si](C)(C)C.CC(C)CC1CCCO1.CC(C)CC1OCCO1.CC(C)Cc1ccco1.Cc1ccc(CC(C)C)cc1. The van der Waals surface area contributed by atoms with Gasteiger partial charge in [-0.25, -0.2) is 0 Å². The fourth-order valence-corrected chi connectivity index (χ4v) is 5.46. The number of hydrogen-bond acceptors (Lipinski definition) is 4. The summed E-state index contributed by atoms with van der Waals surface area (Å²) in [7, 11) is -1.09. The van der Waals surface area contributed by atoms with Crippen molar-refractivity contribution in [2.45, 2.75) is 183 Å². The van der Waals surface area contributed by atoms with Crippen LogP contribution in [0.4, 0.5) is 0 Å². The third-order valence-electron chi connectivity index (χ3n) is 7.04. The molecule has 2 aromatic rings. The van der Waals surface area contributed by atoms with Gasteiger partial charge in [-0.15, -0.1) is 11.5 Å². The summed E-state index contributed by atoms with van der Waals surface area (Å²) in [6.07, 6.45) is 10.5. The number of aryl methyl sites for hydroxylation is 1. The molecule has 308 valence electrons. The van der Waals surface area contributed by atoms with Crippen molar-refractivity contribution in [2.75, 3.05) is 19.8 Å². The number of benzene rings is 1. The maximum Gasteiger partial charge on any atom is 0.158 e. The second kappa shape index (κ2) is 34.9. The fraction of sp³-hybridized carbons (Fsp3) is 0.745. The van der Waals surface area contributed by atoms with E-state index in [9.17, 15) is 0 Å². The van der Waals surface area contributed by atoms with Crippen LogP contribution in [0.25, 0.3) is 0 Å². The van der Waals surface area contributed by atoms with Crippen LogP contribution in [0.2, 0.25) is 19.6 Å². The van der Waals surface area contributed by atoms with Crippen LogP contribution in [0.5, 0.6) is 0 Å². The zero-order chi connectivity index (χ0) is 36.5. The Morgan fingerprint density at radius 3 is 1.58 bits per heavy atom. The maximum atomic E-state index is 5.46. The third kappa shape index (κ3) is 39.4. The van der Waals surface area contributed by atoms with Gasteiger partial charge in [0.25, 0.3) is 0 Å². The Morgan fingerprint density at radius 1 is 0.654 bits per heavy atom. The molecule has 0 aliphatic carbocycles. The molecule has 0 amide bonds. The highest BCUT2D eigenvalue weighted by atomic mass is 28.3. The third-order valence-corrected chi connectivity index (χ3v) is 7.97. The van der Waals surface area contributed by atoms with E-state index in [1.165, 1.54) is 36.8 Å². The number of hydrogen-bond donors (Lipinski definition) is 0. The summed E-state index contributed by atoms with van der Waals surface area (Å²) in [5, 5.41) is 0. The Bertz CT molecular complexity index is 1020. The van der Waals surface area contributed by atoms with Gasteiger partial charge in [0.1, 0.15) is 13.8 Å². The molecule has 2 aliphatic rings. The van der Waals surface area contributed by atoms with Crippen molar-refractivity contribution in [1.82, 2.24) is 0 Å². The molecule has 1 aromatic heterocycles. The van der Waals surface area contributed by atoms with E-state index in [2.05, 4.69) is 132 Å². The molecule has 5 heteroatoms. The van der Waals surface area contributed by atoms with Crippen LogP contribution in [0.1, 0.15) is 148 Å². The average Bonchev–Trinajstić information content (AvgIpc) is 3.75. The van der Waals surface area contributed by atoms with Gasteiger partial charge in [0.15, 0.2) is 6.29 Å². The van der Waals surface area contributed by atoms with Crippen LogP contribution >= 0.6 is 0 Å². The molecule has 2 aliphatic heterocycles. The minimum absolute atomic E-state index is 0. The van der Waals surface area contributed by atoms with Crippen molar-refractivity contribution in [3.8, 4) is 11.5 Å². The minimum atomic E-state index is -1.09. The van der Waals surface area contributed by atoms with Crippen LogP contribution in [0, 0.1) is 48.0 Å². The van der Waals surface area contributed by atoms with Crippen LogP contribution in [0.15, 0.2) is 47.1 Å². The standard InChI is InChI=1S/C11H16.C9H18Si.C8H16O.C8H12O.C7H14O2.4CH4/c1-9(2)8-11-6-4-10(3)5-7-11;1-9(2)7-6-8-10(3,4)5;2*1-7(2)6-8-4-3-5-9-8;1-6(2)5-7-8-3-4-9-7;;;;/h4-7,9H,8H2,1-3H3;9H,7H2,1-5H3;7-8H,3-6H2,1-2H3;3-5,7H,6H2,1-2H3;6-7H,3-5H2,1-2H3;4*1H4. The first kappa shape index (κ1) is 59.4. The summed E-state index contributed by atoms with van der Waals surface area (Å²) < 4.78 is 21.1. The molecular weight excluding hydrogens is 657 g/mol. The highest BCUT2D eigenvalue weighted by Gasteiger charge is 2.17. The second-order valence-corrected chi connectivity index (χ2v) is 21.2. The fourth-order valence-electron chi connectivity index (χ4n) is 4.83. The van der Waals surface area contributed by atoms with Crippen molar-refractivity contribution >= 4 is 8.07 Å². The molecule has 0 N–H and O–H groups in total. The van der Waals surface area contributed by atoms with E-state index in [1.807, 2.05) is 12.1 Å². The summed E-state index contributed by atoms with van der Waals surface area (Å²) in [4.78, 5) is 0. The van der Waals surface area contributed by atoms with E-state index in [4.69, 9.17) is 18.6 Å². The lowest BCUT2D eigenvalue weighted by Crippen LogP contribution is -2.16. The van der Waals surface area contributed by atoms with Crippen molar-refractivity contribution in [1.29, 1.82) is 0 Å². The molecule has 2 fully saturated rings. The molecular formula is C47H92O4Si. The molecule has 1 aromatic carbocycles. The molecule has 0 spiro atoms. The van der Waals surface area contributed by atoms with Gasteiger partial charge in [-0.05, 0) is 79.9 Å². The second-order valence-electron chi connectivity index (χ2n) is 16.5. The van der Waals surface area contributed by atoms with Crippen LogP contribution < -0.4 is 0 Å². The van der Waals surface area contributed by atoms with Crippen LogP contribution in [-0.4, -0.2) is 40.3 Å². The molecule has 0 bridgehead atoms. The van der Waals surface area contributed by atoms with Crippen molar-refractivity contribution in [2.24, 2.45) is 29.6 Å². The molecule has 1 atom stereocenters. The zero-order valence-corrected chi connectivity index (χ0v) is 34.8. The predicted molar refractivity (Wildman–Crippen MR) is 238 cm³/mol. The lowest BCUT2D eigenvalue weighted by atomic mass is 10.0. The topological polar surface area (TPSA) is 40.8 Å². The highest BCUT2D eigenvalue weighted by molar-refractivity contribution is 6.83. The van der Waals surface area contributed by atoms with Gasteiger partial charge in [-0.3, -0.25) is 0 Å². The van der Waals surface area contributed by atoms with Gasteiger partial charge < -0.3 is 18.6 Å². The Kier molecular flexibility index (Phi) is 39.9. The lowest BCUT2D eigenvalue weighted by molar-refractivity contribution is -0.0541. The Morgan fingerprint density at radius 2 is 1.19 bits per heavy atom. The molecule has 52 heavy (non-hydrogen) atoms. The van der Waals surface area contributed by atoms with E-state index in [-0.39, 0.29) is 36.0 Å². The Balaban J connectivity index is -0.000000174. The smallest absolute Gasteiger partial charge is 0.158 e. The van der Waals surface area contributed by atoms with Crippen molar-refractivity contribution in [3.63, 3.8) is 0 Å². The van der Waals surface area contributed by atoms with E-state index in [0.29, 0.717) is 17.9 Å². The normalized spacial score (nSPS) is 14.7. The molecule has 0 radical (unpaired) electrons. The first-order chi connectivity index (χ1) is 22.5. The van der Waals surface area contributed by atoms with E-state index in [0.717, 1.165) is 62.6 Å². The van der Waals surface area contributed by atoms with Crippen LogP contribution in [0.3, 0.4) is 0 Å². The predicted octanol–water partition coefficient (Wildman–Crippen LogP) is 14.7. The monoisotopic (exact) mass is 749 g/mol. The summed E-state index contributed by atoms with van der Waals surface area (Å²) in [6.45, 7) is 33.6. The van der Waals surface area contributed by atoms with Crippen LogP contribution in [-0.2, 0) is 27.1 Å². The summed E-state index contributed by atoms with van der Waals surface area (Å²) in [5.41, 5.74) is 6.14. The first-order valence-electron chi connectivity index (χ1n) is 18.9. The van der Waals surface area contributed by atoms with Gasteiger partial charge in [0.05, 0.1) is 25.6 Å². The van der Waals surface area contributed by atoms with Crippen molar-refractivity contribution in [3.05, 3.63) is 59.5 Å². The van der Waals surface area contributed by atoms with E-state index < -0.39 is 8.07 Å². The summed E-state index contributed by atoms with van der Waals surface area (Å²) in [6, 6.07) is 12.7. The molecule has 4 nitrogen and oxygen atoms in total. The van der Waals surface area contributed by atoms with Gasteiger partial charge in [0.2, 0.25) is 0 Å². The molecule has 3 heterocycles. The van der Waals surface area contributed by atoms with Gasteiger partial charge >= 0.3 is 0 Å². The quantitative estimate of drug-likeness (QED) is 0.189. The molecule has 0 saturated carbocycles. The van der Waals surface area contributed by atoms with Gasteiger partial charge in [-0.2, -0.15) is 0 Å². The lowest BCUT2D eigenvalue weighted by Gasteiger charge is -2.10. The zero-order valence-electron chi connectivity index (χ0n) is 33.8. The number of furan rings is 1. The first-order valence-corrected chi connectivity index (χ1v) is 22.4. The van der Waals surface area contributed by atoms with Gasteiger partial charge in [-0.1, -0.05) is 148 Å². The molecule has 2 saturated heterocycles. The number of ether oxygens (including phenoxy) is 3. The largest absolute Gasteiger partial charge is 0.469 e. The molecule has 4 rings (SSSR count). The Hall–Kier alpha value is -1.84. The highest BCUT2D eigenvalue weighted by Crippen LogP contribution is 2.19. The minimum Gasteiger partial charge on any atom is -0.469 e. The van der Waals surface area contributed by atoms with E-state index in [1.54, 1.807) is 6.26 Å². The number of rotatable bonds is 9. The van der Waals surface area contributed by atoms with Crippen molar-refractivity contribution < 1.29 is 18.6 Å². The maximum absolute atomic E-state index is 5.46. The summed E-state index contributed by atoms with van der Waals surface area (Å²) in [5.74, 6) is 7.98. The molecule has 1 unspecified atom stereocenters. The average molecular weight is 749 g/mol. The van der Waals surface area contributed by atoms with E-state index >= 15 is 0 Å².